The Morgan fingerprint density at radius 1 is 1.25 bits per heavy atom. The Morgan fingerprint density at radius 2 is 1.90 bits per heavy atom. The zero-order valence-corrected chi connectivity index (χ0v) is 12.7. The van der Waals surface area contributed by atoms with Crippen LogP contribution in [-0.2, 0) is 0 Å². The van der Waals surface area contributed by atoms with E-state index in [1.54, 1.807) is 24.3 Å². The highest BCUT2D eigenvalue weighted by atomic mass is 35.5. The van der Waals surface area contributed by atoms with Gasteiger partial charge in [-0.3, -0.25) is 0 Å². The second-order valence-corrected chi connectivity index (χ2v) is 4.78. The summed E-state index contributed by atoms with van der Waals surface area (Å²) in [4.78, 5) is 10.2. The van der Waals surface area contributed by atoms with E-state index in [0.717, 1.165) is 13.1 Å². The molecule has 1 heterocycles. The number of hydrogen-bond donors (Lipinski definition) is 2. The van der Waals surface area contributed by atoms with Gasteiger partial charge in [0.1, 0.15) is 0 Å². The Hall–Kier alpha value is -1.72. The Labute approximate surface area is 129 Å². The predicted molar refractivity (Wildman–Crippen MR) is 86.9 cm³/mol. The van der Waals surface area contributed by atoms with Crippen molar-refractivity contribution in [1.29, 1.82) is 0 Å². The monoisotopic (exact) mass is 313 g/mol. The maximum absolute atomic E-state index is 5.88. The maximum atomic E-state index is 5.88. The number of halogens is 2. The minimum absolute atomic E-state index is 0. The van der Waals surface area contributed by atoms with Crippen LogP contribution in [0.3, 0.4) is 0 Å². The van der Waals surface area contributed by atoms with Crippen molar-refractivity contribution in [3.05, 3.63) is 40.9 Å². The first kappa shape index (κ1) is 16.3. The summed E-state index contributed by atoms with van der Waals surface area (Å²) >= 11 is 5.79. The highest BCUT2D eigenvalue weighted by molar-refractivity contribution is 6.30. The van der Waals surface area contributed by atoms with Crippen molar-refractivity contribution in [2.45, 2.75) is 6.92 Å². The van der Waals surface area contributed by atoms with Gasteiger partial charge in [0.2, 0.25) is 5.96 Å². The van der Waals surface area contributed by atoms with E-state index in [1.807, 2.05) is 4.90 Å². The summed E-state index contributed by atoms with van der Waals surface area (Å²) < 4.78 is 0. The first-order valence-electron chi connectivity index (χ1n) is 5.89. The van der Waals surface area contributed by atoms with Gasteiger partial charge in [-0.25, -0.2) is 4.99 Å². The van der Waals surface area contributed by atoms with Crippen molar-refractivity contribution >= 4 is 41.6 Å². The topological polar surface area (TPSA) is 80.0 Å². The molecule has 0 bridgehead atoms. The molecule has 0 unspecified atom stereocenters. The minimum atomic E-state index is 0. The molecule has 0 aliphatic carbocycles. The smallest absolute Gasteiger partial charge is 0.223 e. The van der Waals surface area contributed by atoms with Crippen LogP contribution in [0.15, 0.2) is 45.9 Å². The fraction of sp³-hybridized carbons (Fsp3) is 0.231. The van der Waals surface area contributed by atoms with E-state index in [0.29, 0.717) is 16.7 Å². The summed E-state index contributed by atoms with van der Waals surface area (Å²) in [7, 11) is 0. The number of guanidine groups is 2. The van der Waals surface area contributed by atoms with Gasteiger partial charge in [0.15, 0.2) is 5.96 Å². The standard InChI is InChI=1S/C13H16ClN5.ClH/c1-9-6-7-19(8-9)13(16)18-12(15)17-11-4-2-10(14)3-5-11;/h2-6H,7-8H2,1H3,(H4,15,16,17,18);1H. The molecule has 1 aromatic carbocycles. The molecular weight excluding hydrogens is 297 g/mol. The van der Waals surface area contributed by atoms with E-state index in [9.17, 15) is 0 Å². The van der Waals surface area contributed by atoms with Crippen molar-refractivity contribution in [3.8, 4) is 0 Å². The van der Waals surface area contributed by atoms with Gasteiger partial charge in [-0.05, 0) is 31.2 Å². The van der Waals surface area contributed by atoms with Crippen molar-refractivity contribution in [2.24, 2.45) is 21.5 Å². The third-order valence-electron chi connectivity index (χ3n) is 2.72. The molecule has 1 aliphatic heterocycles. The van der Waals surface area contributed by atoms with E-state index in [2.05, 4.69) is 23.0 Å². The second-order valence-electron chi connectivity index (χ2n) is 4.35. The van der Waals surface area contributed by atoms with Crippen molar-refractivity contribution in [1.82, 2.24) is 4.90 Å². The number of nitrogens with zero attached hydrogens (tertiary/aromatic N) is 3. The number of benzene rings is 1. The molecule has 0 atom stereocenters. The Morgan fingerprint density at radius 3 is 2.45 bits per heavy atom. The first-order valence-corrected chi connectivity index (χ1v) is 6.27. The lowest BCUT2D eigenvalue weighted by atomic mass is 10.3. The lowest BCUT2D eigenvalue weighted by Crippen LogP contribution is -2.37. The van der Waals surface area contributed by atoms with Gasteiger partial charge < -0.3 is 16.4 Å². The van der Waals surface area contributed by atoms with Crippen LogP contribution >= 0.6 is 24.0 Å². The van der Waals surface area contributed by atoms with Crippen molar-refractivity contribution in [3.63, 3.8) is 0 Å². The number of rotatable bonds is 1. The molecule has 5 nitrogen and oxygen atoms in total. The Balaban J connectivity index is 0.00000200. The zero-order valence-electron chi connectivity index (χ0n) is 11.1. The molecule has 0 saturated heterocycles. The number of hydrogen-bond acceptors (Lipinski definition) is 1. The minimum Gasteiger partial charge on any atom is -0.369 e. The molecule has 108 valence electrons. The molecule has 0 fully saturated rings. The quantitative estimate of drug-likeness (QED) is 0.474. The fourth-order valence-corrected chi connectivity index (χ4v) is 1.86. The van der Waals surface area contributed by atoms with Crippen LogP contribution < -0.4 is 11.5 Å². The van der Waals surface area contributed by atoms with Gasteiger partial charge in [-0.1, -0.05) is 23.3 Å². The lowest BCUT2D eigenvalue weighted by molar-refractivity contribution is 0.527. The largest absolute Gasteiger partial charge is 0.369 e. The van der Waals surface area contributed by atoms with E-state index < -0.39 is 0 Å². The second kappa shape index (κ2) is 7.17. The third kappa shape index (κ3) is 4.43. The number of nitrogens with two attached hydrogens (primary N) is 2. The third-order valence-corrected chi connectivity index (χ3v) is 2.98. The molecule has 4 N–H and O–H groups in total. The first-order chi connectivity index (χ1) is 9.04. The van der Waals surface area contributed by atoms with Crippen LogP contribution in [-0.4, -0.2) is 29.9 Å². The summed E-state index contributed by atoms with van der Waals surface area (Å²) in [6.07, 6.45) is 2.11. The lowest BCUT2D eigenvalue weighted by Gasteiger charge is -2.16. The van der Waals surface area contributed by atoms with Crippen LogP contribution in [0.2, 0.25) is 5.02 Å². The molecule has 1 aliphatic rings. The summed E-state index contributed by atoms with van der Waals surface area (Å²) in [5, 5.41) is 0.652. The van der Waals surface area contributed by atoms with Gasteiger partial charge in [-0.15, -0.1) is 12.4 Å². The van der Waals surface area contributed by atoms with Crippen molar-refractivity contribution in [2.75, 3.05) is 13.1 Å². The molecule has 1 aromatic rings. The summed E-state index contributed by atoms with van der Waals surface area (Å²) in [5.74, 6) is 0.507. The number of aliphatic imine (C=N–C) groups is 2. The SMILES string of the molecule is CC1=CCN(C(N)=NC(N)=Nc2ccc(Cl)cc2)C1.Cl. The Kier molecular flexibility index (Phi) is 5.85. The molecule has 2 rings (SSSR count). The van der Waals surface area contributed by atoms with E-state index in [4.69, 9.17) is 23.1 Å². The van der Waals surface area contributed by atoms with E-state index in [1.165, 1.54) is 5.57 Å². The van der Waals surface area contributed by atoms with Crippen LogP contribution in [0.25, 0.3) is 0 Å². The predicted octanol–water partition coefficient (Wildman–Crippen LogP) is 2.28. The fourth-order valence-electron chi connectivity index (χ4n) is 1.73. The summed E-state index contributed by atoms with van der Waals surface area (Å²) in [6.45, 7) is 3.59. The molecule has 0 radical (unpaired) electrons. The van der Waals surface area contributed by atoms with E-state index in [-0.39, 0.29) is 18.4 Å². The van der Waals surface area contributed by atoms with Gasteiger partial charge in [0.25, 0.3) is 0 Å². The molecule has 7 heteroatoms. The zero-order chi connectivity index (χ0) is 13.8. The van der Waals surface area contributed by atoms with Crippen LogP contribution in [0.4, 0.5) is 5.69 Å². The van der Waals surface area contributed by atoms with Gasteiger partial charge in [0.05, 0.1) is 5.69 Å². The molecule has 0 saturated carbocycles. The average Bonchev–Trinajstić information content (AvgIpc) is 2.79. The van der Waals surface area contributed by atoms with Gasteiger partial charge in [0, 0.05) is 18.1 Å². The highest BCUT2D eigenvalue weighted by Gasteiger charge is 2.13. The summed E-state index contributed by atoms with van der Waals surface area (Å²) in [6, 6.07) is 7.02. The summed E-state index contributed by atoms with van der Waals surface area (Å²) in [5.41, 5.74) is 13.6. The van der Waals surface area contributed by atoms with Gasteiger partial charge in [-0.2, -0.15) is 4.99 Å². The molecule has 0 amide bonds. The van der Waals surface area contributed by atoms with Gasteiger partial charge >= 0.3 is 0 Å². The Bertz CT molecular complexity index is 548. The molecular formula is C13H17Cl2N5. The van der Waals surface area contributed by atoms with Crippen LogP contribution in [0.5, 0.6) is 0 Å². The molecule has 0 spiro atoms. The maximum Gasteiger partial charge on any atom is 0.223 e. The van der Waals surface area contributed by atoms with E-state index >= 15 is 0 Å². The van der Waals surface area contributed by atoms with Crippen LogP contribution in [0.1, 0.15) is 6.92 Å². The van der Waals surface area contributed by atoms with Crippen molar-refractivity contribution < 1.29 is 0 Å². The molecule has 20 heavy (non-hydrogen) atoms. The normalized spacial score (nSPS) is 15.9. The average molecular weight is 314 g/mol. The van der Waals surface area contributed by atoms with Crippen LogP contribution in [0, 0.1) is 0 Å². The molecule has 0 aromatic heterocycles. The highest BCUT2D eigenvalue weighted by Crippen LogP contribution is 2.16.